The van der Waals surface area contributed by atoms with Crippen LogP contribution in [0.5, 0.6) is 0 Å². The molecule has 0 amide bonds. The molecule has 122 valence electrons. The van der Waals surface area contributed by atoms with Crippen molar-refractivity contribution in [2.45, 2.75) is 6.42 Å². The fraction of sp³-hybridized carbons (Fsp3) is 0.167. The van der Waals surface area contributed by atoms with Gasteiger partial charge in [0.05, 0.1) is 24.4 Å². The Morgan fingerprint density at radius 2 is 1.92 bits per heavy atom. The number of rotatable bonds is 3. The maximum absolute atomic E-state index is 12.5. The molecule has 0 bridgehead atoms. The molecule has 0 atom stereocenters. The minimum atomic E-state index is -0.298. The van der Waals surface area contributed by atoms with Gasteiger partial charge in [-0.05, 0) is 23.8 Å². The van der Waals surface area contributed by atoms with Crippen molar-refractivity contribution in [1.82, 2.24) is 9.55 Å². The predicted molar refractivity (Wildman–Crippen MR) is 93.2 cm³/mol. The highest BCUT2D eigenvalue weighted by Gasteiger charge is 2.11. The zero-order chi connectivity index (χ0) is 17.3. The van der Waals surface area contributed by atoms with E-state index < -0.39 is 0 Å². The van der Waals surface area contributed by atoms with Crippen molar-refractivity contribution < 1.29 is 9.53 Å². The largest absolute Gasteiger partial charge is 0.469 e. The van der Waals surface area contributed by atoms with Gasteiger partial charge in [0.1, 0.15) is 5.82 Å². The van der Waals surface area contributed by atoms with E-state index in [4.69, 9.17) is 11.6 Å². The van der Waals surface area contributed by atoms with Crippen LogP contribution in [0.25, 0.3) is 22.3 Å². The van der Waals surface area contributed by atoms with E-state index in [-0.39, 0.29) is 17.9 Å². The molecule has 0 aliphatic carbocycles. The van der Waals surface area contributed by atoms with E-state index >= 15 is 0 Å². The molecule has 0 saturated carbocycles. The van der Waals surface area contributed by atoms with Gasteiger partial charge in [-0.3, -0.25) is 14.2 Å². The highest BCUT2D eigenvalue weighted by atomic mass is 35.5. The van der Waals surface area contributed by atoms with Crippen molar-refractivity contribution in [2.75, 3.05) is 7.11 Å². The summed E-state index contributed by atoms with van der Waals surface area (Å²) in [6.45, 7) is 0. The Morgan fingerprint density at radius 1 is 1.21 bits per heavy atom. The smallest absolute Gasteiger partial charge is 0.309 e. The number of nitrogens with zero attached hydrogens (tertiary/aromatic N) is 2. The minimum absolute atomic E-state index is 0.134. The van der Waals surface area contributed by atoms with E-state index in [1.54, 1.807) is 25.2 Å². The lowest BCUT2D eigenvalue weighted by Gasteiger charge is -2.10. The average molecular weight is 343 g/mol. The Morgan fingerprint density at radius 3 is 2.58 bits per heavy atom. The summed E-state index contributed by atoms with van der Waals surface area (Å²) in [7, 11) is 3.04. The van der Waals surface area contributed by atoms with E-state index in [0.717, 1.165) is 11.1 Å². The van der Waals surface area contributed by atoms with Crippen LogP contribution >= 0.6 is 11.6 Å². The van der Waals surface area contributed by atoms with Crippen LogP contribution in [0.4, 0.5) is 0 Å². The van der Waals surface area contributed by atoms with E-state index in [2.05, 4.69) is 9.72 Å². The van der Waals surface area contributed by atoms with E-state index in [1.807, 2.05) is 24.3 Å². The number of aromatic nitrogens is 2. The first-order chi connectivity index (χ1) is 11.5. The molecule has 6 heteroatoms. The average Bonchev–Trinajstić information content (AvgIpc) is 2.58. The predicted octanol–water partition coefficient (Wildman–Crippen LogP) is 2.97. The van der Waals surface area contributed by atoms with Crippen molar-refractivity contribution in [3.63, 3.8) is 0 Å². The van der Waals surface area contributed by atoms with Crippen LogP contribution in [0.1, 0.15) is 5.56 Å². The number of carbonyl (C=O) groups excluding carboxylic acids is 1. The quantitative estimate of drug-likeness (QED) is 0.686. The van der Waals surface area contributed by atoms with Gasteiger partial charge in [0.25, 0.3) is 5.56 Å². The molecule has 2 aromatic carbocycles. The Bertz CT molecular complexity index is 978. The molecule has 0 fully saturated rings. The first-order valence-electron chi connectivity index (χ1n) is 7.32. The molecule has 3 rings (SSSR count). The summed E-state index contributed by atoms with van der Waals surface area (Å²) in [6, 6.07) is 12.3. The summed E-state index contributed by atoms with van der Waals surface area (Å²) in [6.07, 6.45) is 0.205. The molecule has 0 saturated heterocycles. The molecule has 0 aliphatic rings. The van der Waals surface area contributed by atoms with E-state index in [1.165, 1.54) is 11.7 Å². The molecular formula is C18H15ClN2O3. The van der Waals surface area contributed by atoms with Crippen LogP contribution in [0.2, 0.25) is 5.02 Å². The maximum atomic E-state index is 12.5. The number of esters is 1. The summed E-state index contributed by atoms with van der Waals surface area (Å²) in [5, 5.41) is 1.05. The van der Waals surface area contributed by atoms with Crippen LogP contribution in [-0.2, 0) is 23.0 Å². The summed E-state index contributed by atoms with van der Waals surface area (Å²) in [4.78, 5) is 28.4. The number of halogens is 1. The number of carbonyl (C=O) groups is 1. The molecule has 24 heavy (non-hydrogen) atoms. The summed E-state index contributed by atoms with van der Waals surface area (Å²) < 4.78 is 6.16. The van der Waals surface area contributed by atoms with Gasteiger partial charge in [0, 0.05) is 17.6 Å². The van der Waals surface area contributed by atoms with Crippen molar-refractivity contribution >= 4 is 28.5 Å². The molecule has 3 aromatic rings. The second kappa shape index (κ2) is 6.45. The zero-order valence-electron chi connectivity index (χ0n) is 13.2. The van der Waals surface area contributed by atoms with Gasteiger partial charge >= 0.3 is 5.97 Å². The highest BCUT2D eigenvalue weighted by Crippen LogP contribution is 2.21. The molecule has 0 N–H and O–H groups in total. The lowest BCUT2D eigenvalue weighted by Crippen LogP contribution is -2.20. The molecule has 5 nitrogen and oxygen atoms in total. The molecule has 0 unspecified atom stereocenters. The van der Waals surface area contributed by atoms with Gasteiger partial charge in [-0.1, -0.05) is 35.9 Å². The van der Waals surface area contributed by atoms with Gasteiger partial charge in [-0.25, -0.2) is 4.98 Å². The lowest BCUT2D eigenvalue weighted by molar-refractivity contribution is -0.139. The SMILES string of the molecule is COC(=O)Cc1ccc(-c2nc3cc(Cl)ccc3c(=O)n2C)cc1. The van der Waals surface area contributed by atoms with Crippen LogP contribution in [-0.4, -0.2) is 22.6 Å². The van der Waals surface area contributed by atoms with Crippen molar-refractivity contribution in [1.29, 1.82) is 0 Å². The van der Waals surface area contributed by atoms with Crippen LogP contribution in [0, 0.1) is 0 Å². The van der Waals surface area contributed by atoms with Gasteiger partial charge in [-0.15, -0.1) is 0 Å². The first-order valence-corrected chi connectivity index (χ1v) is 7.70. The van der Waals surface area contributed by atoms with E-state index in [9.17, 15) is 9.59 Å². The maximum Gasteiger partial charge on any atom is 0.309 e. The fourth-order valence-electron chi connectivity index (χ4n) is 2.51. The van der Waals surface area contributed by atoms with Gasteiger partial charge in [0.15, 0.2) is 0 Å². The number of benzene rings is 2. The fourth-order valence-corrected chi connectivity index (χ4v) is 2.68. The van der Waals surface area contributed by atoms with E-state index in [0.29, 0.717) is 21.7 Å². The Balaban J connectivity index is 2.07. The molecular weight excluding hydrogens is 328 g/mol. The Kier molecular flexibility index (Phi) is 4.36. The summed E-state index contributed by atoms with van der Waals surface area (Å²) >= 11 is 6.00. The lowest BCUT2D eigenvalue weighted by atomic mass is 10.1. The molecule has 0 aliphatic heterocycles. The highest BCUT2D eigenvalue weighted by molar-refractivity contribution is 6.31. The molecule has 0 radical (unpaired) electrons. The number of ether oxygens (including phenoxy) is 1. The first kappa shape index (κ1) is 16.2. The Labute approximate surface area is 143 Å². The van der Waals surface area contributed by atoms with Crippen molar-refractivity contribution in [3.8, 4) is 11.4 Å². The van der Waals surface area contributed by atoms with Crippen molar-refractivity contribution in [3.05, 3.63) is 63.4 Å². The number of hydrogen-bond donors (Lipinski definition) is 0. The summed E-state index contributed by atoms with van der Waals surface area (Å²) in [5.41, 5.74) is 2.04. The molecule has 1 aromatic heterocycles. The summed E-state index contributed by atoms with van der Waals surface area (Å²) in [5.74, 6) is 0.244. The van der Waals surface area contributed by atoms with Crippen LogP contribution < -0.4 is 5.56 Å². The number of fused-ring (bicyclic) bond motifs is 1. The minimum Gasteiger partial charge on any atom is -0.469 e. The van der Waals surface area contributed by atoms with Gasteiger partial charge in [0.2, 0.25) is 0 Å². The second-order valence-electron chi connectivity index (χ2n) is 5.41. The molecule has 1 heterocycles. The third kappa shape index (κ3) is 3.03. The number of methoxy groups -OCH3 is 1. The Hall–Kier alpha value is -2.66. The van der Waals surface area contributed by atoms with Gasteiger partial charge in [-0.2, -0.15) is 0 Å². The number of hydrogen-bond acceptors (Lipinski definition) is 4. The van der Waals surface area contributed by atoms with Crippen LogP contribution in [0.15, 0.2) is 47.3 Å². The topological polar surface area (TPSA) is 61.2 Å². The normalized spacial score (nSPS) is 10.8. The standard InChI is InChI=1S/C18H15ClN2O3/c1-21-17(12-5-3-11(4-6-12)9-16(22)24-2)20-15-10-13(19)7-8-14(15)18(21)23/h3-8,10H,9H2,1-2H3. The van der Waals surface area contributed by atoms with Gasteiger partial charge < -0.3 is 4.74 Å². The van der Waals surface area contributed by atoms with Crippen molar-refractivity contribution in [2.24, 2.45) is 7.05 Å². The third-order valence-electron chi connectivity index (χ3n) is 3.83. The monoisotopic (exact) mass is 342 g/mol. The second-order valence-corrected chi connectivity index (χ2v) is 5.85. The third-order valence-corrected chi connectivity index (χ3v) is 4.06. The van der Waals surface area contributed by atoms with Crippen LogP contribution in [0.3, 0.4) is 0 Å². The molecule has 0 spiro atoms. The zero-order valence-corrected chi connectivity index (χ0v) is 14.0.